The van der Waals surface area contributed by atoms with E-state index in [-0.39, 0.29) is 30.2 Å². The van der Waals surface area contributed by atoms with E-state index in [1.165, 1.54) is 11.2 Å². The fraction of sp³-hybridized carbons (Fsp3) is 0.357. The minimum Gasteiger partial charge on any atom is -0.354 e. The molecule has 13 nitrogen and oxygen atoms in total. The van der Waals surface area contributed by atoms with Crippen LogP contribution >= 0.6 is 0 Å². The van der Waals surface area contributed by atoms with Crippen molar-refractivity contribution in [2.45, 2.75) is 44.6 Å². The third kappa shape index (κ3) is 4.94. The molecule has 2 saturated carbocycles. The zero-order valence-electron chi connectivity index (χ0n) is 22.6. The SMILES string of the molecule is Cc1ccnc([C@H]2C[C@@H]2C(=O)Nc2cc(N(C)Cc3cn4cc(C5CC5)cc(N5CC(=O)NC5=O)c4n3)ncn2)n1. The van der Waals surface area contributed by atoms with Crippen molar-refractivity contribution in [3.63, 3.8) is 0 Å². The zero-order chi connectivity index (χ0) is 28.2. The quantitative estimate of drug-likeness (QED) is 0.314. The monoisotopic (exact) mass is 552 g/mol. The van der Waals surface area contributed by atoms with Crippen LogP contribution in [-0.2, 0) is 16.1 Å². The van der Waals surface area contributed by atoms with Gasteiger partial charge in [0.25, 0.3) is 0 Å². The van der Waals surface area contributed by atoms with Gasteiger partial charge in [0.2, 0.25) is 11.8 Å². The molecule has 5 heterocycles. The van der Waals surface area contributed by atoms with E-state index < -0.39 is 6.03 Å². The average Bonchev–Trinajstić information content (AvgIpc) is 3.87. The maximum Gasteiger partial charge on any atom is 0.329 e. The molecule has 13 heteroatoms. The van der Waals surface area contributed by atoms with Gasteiger partial charge in [-0.1, -0.05) is 0 Å². The smallest absolute Gasteiger partial charge is 0.329 e. The molecule has 1 aliphatic heterocycles. The number of rotatable bonds is 8. The first kappa shape index (κ1) is 25.1. The molecule has 208 valence electrons. The summed E-state index contributed by atoms with van der Waals surface area (Å²) in [5, 5.41) is 5.25. The van der Waals surface area contributed by atoms with Gasteiger partial charge in [-0.3, -0.25) is 19.8 Å². The molecule has 0 aromatic carbocycles. The Morgan fingerprint density at radius 3 is 2.76 bits per heavy atom. The molecule has 0 bridgehead atoms. The number of imidazole rings is 1. The Labute approximate surface area is 235 Å². The van der Waals surface area contributed by atoms with Crippen LogP contribution in [0.15, 0.2) is 43.1 Å². The molecule has 2 atom stereocenters. The highest BCUT2D eigenvalue weighted by Crippen LogP contribution is 2.46. The molecule has 3 fully saturated rings. The van der Waals surface area contributed by atoms with Gasteiger partial charge in [0.05, 0.1) is 17.9 Å². The summed E-state index contributed by atoms with van der Waals surface area (Å²) in [7, 11) is 1.88. The van der Waals surface area contributed by atoms with Crippen molar-refractivity contribution in [2.24, 2.45) is 5.92 Å². The number of pyridine rings is 1. The zero-order valence-corrected chi connectivity index (χ0v) is 22.6. The summed E-state index contributed by atoms with van der Waals surface area (Å²) in [4.78, 5) is 62.8. The van der Waals surface area contributed by atoms with Gasteiger partial charge in [-0.15, -0.1) is 0 Å². The molecule has 0 radical (unpaired) electrons. The number of hydrogen-bond donors (Lipinski definition) is 2. The standard InChI is InChI=1S/C28H28N10O3/c1-15-5-6-29-25(32-15)19-8-20(19)27(40)34-22-9-23(31-14-30-22)36(2)11-18-12-37-10-17(16-3-4-16)7-21(26(37)33-18)38-13-24(39)35-28(38)41/h5-7,9-10,12,14,16,19-20H,3-4,8,11,13H2,1-2H3,(H,35,39,41)(H,30,31,34,40)/t19-,20-/m0/s1. The molecule has 4 aromatic heterocycles. The summed E-state index contributed by atoms with van der Waals surface area (Å²) in [6.07, 6.45) is 10.0. The van der Waals surface area contributed by atoms with Gasteiger partial charge in [-0.25, -0.2) is 29.7 Å². The number of hydrogen-bond acceptors (Lipinski definition) is 9. The minimum absolute atomic E-state index is 0.0176. The first-order valence-electron chi connectivity index (χ1n) is 13.6. The lowest BCUT2D eigenvalue weighted by Gasteiger charge is -2.17. The van der Waals surface area contributed by atoms with Crippen molar-refractivity contribution in [3.05, 3.63) is 65.9 Å². The second kappa shape index (κ2) is 9.61. The molecule has 1 saturated heterocycles. The van der Waals surface area contributed by atoms with Crippen LogP contribution in [-0.4, -0.2) is 60.8 Å². The van der Waals surface area contributed by atoms with Crippen LogP contribution < -0.4 is 20.4 Å². The van der Waals surface area contributed by atoms with Crippen molar-refractivity contribution in [3.8, 4) is 0 Å². The summed E-state index contributed by atoms with van der Waals surface area (Å²) in [6.45, 7) is 2.30. The number of aromatic nitrogens is 6. The predicted octanol–water partition coefficient (Wildman–Crippen LogP) is 2.53. The van der Waals surface area contributed by atoms with Gasteiger partial charge < -0.3 is 14.6 Å². The van der Waals surface area contributed by atoms with Crippen molar-refractivity contribution in [1.29, 1.82) is 0 Å². The number of amides is 4. The molecule has 3 aliphatic rings. The van der Waals surface area contributed by atoms with E-state index in [9.17, 15) is 14.4 Å². The fourth-order valence-electron chi connectivity index (χ4n) is 5.29. The van der Waals surface area contributed by atoms with Crippen LogP contribution in [0.2, 0.25) is 0 Å². The third-order valence-corrected chi connectivity index (χ3v) is 7.70. The number of imide groups is 1. The first-order chi connectivity index (χ1) is 19.8. The van der Waals surface area contributed by atoms with E-state index in [4.69, 9.17) is 4.98 Å². The Morgan fingerprint density at radius 2 is 2.00 bits per heavy atom. The topological polar surface area (TPSA) is 151 Å². The lowest BCUT2D eigenvalue weighted by molar-refractivity contribution is -0.118. The average molecular weight is 553 g/mol. The van der Waals surface area contributed by atoms with Gasteiger partial charge in [0, 0.05) is 49.2 Å². The summed E-state index contributed by atoms with van der Waals surface area (Å²) in [5.41, 5.74) is 3.99. The Kier molecular flexibility index (Phi) is 5.87. The highest BCUT2D eigenvalue weighted by molar-refractivity contribution is 6.13. The lowest BCUT2D eigenvalue weighted by Crippen LogP contribution is -2.28. The van der Waals surface area contributed by atoms with Gasteiger partial charge >= 0.3 is 6.03 Å². The highest BCUT2D eigenvalue weighted by atomic mass is 16.2. The number of anilines is 3. The summed E-state index contributed by atoms with van der Waals surface area (Å²) < 4.78 is 1.93. The fourth-order valence-corrected chi connectivity index (χ4v) is 5.29. The van der Waals surface area contributed by atoms with E-state index in [0.29, 0.717) is 47.7 Å². The number of urea groups is 1. The van der Waals surface area contributed by atoms with E-state index in [0.717, 1.165) is 29.8 Å². The first-order valence-corrected chi connectivity index (χ1v) is 13.6. The van der Waals surface area contributed by atoms with E-state index in [1.54, 1.807) is 12.3 Å². The van der Waals surface area contributed by atoms with Crippen LogP contribution in [0.1, 0.15) is 53.9 Å². The number of fused-ring (bicyclic) bond motifs is 1. The maximum atomic E-state index is 12.9. The van der Waals surface area contributed by atoms with Gasteiger partial charge in [-0.05, 0) is 49.8 Å². The summed E-state index contributed by atoms with van der Waals surface area (Å²) in [6, 6.07) is 5.10. The van der Waals surface area contributed by atoms with E-state index in [2.05, 4.69) is 30.6 Å². The highest BCUT2D eigenvalue weighted by Gasteiger charge is 2.46. The van der Waals surface area contributed by atoms with Crippen molar-refractivity contribution >= 4 is 40.8 Å². The van der Waals surface area contributed by atoms with Crippen molar-refractivity contribution in [1.82, 2.24) is 34.6 Å². The molecular formula is C28H28N10O3. The normalized spacial score (nSPS) is 19.9. The number of carbonyl (C=O) groups excluding carboxylic acids is 3. The minimum atomic E-state index is -0.439. The Hall–Kier alpha value is -4.94. The Balaban J connectivity index is 1.07. The molecule has 4 aromatic rings. The second-order valence-electron chi connectivity index (χ2n) is 10.9. The lowest BCUT2D eigenvalue weighted by atomic mass is 10.1. The van der Waals surface area contributed by atoms with Crippen LogP contribution in [0.5, 0.6) is 0 Å². The summed E-state index contributed by atoms with van der Waals surface area (Å²) >= 11 is 0. The second-order valence-corrected chi connectivity index (χ2v) is 10.9. The van der Waals surface area contributed by atoms with Crippen LogP contribution in [0.25, 0.3) is 5.65 Å². The molecule has 2 N–H and O–H groups in total. The number of nitrogens with one attached hydrogen (secondary N) is 2. The largest absolute Gasteiger partial charge is 0.354 e. The summed E-state index contributed by atoms with van der Waals surface area (Å²) in [5.74, 6) is 1.57. The number of carbonyl (C=O) groups is 3. The molecular weight excluding hydrogens is 524 g/mol. The van der Waals surface area contributed by atoms with Crippen LogP contribution in [0.3, 0.4) is 0 Å². The van der Waals surface area contributed by atoms with Crippen molar-refractivity contribution < 1.29 is 14.4 Å². The Morgan fingerprint density at radius 1 is 1.15 bits per heavy atom. The van der Waals surface area contributed by atoms with Gasteiger partial charge in [0.1, 0.15) is 30.3 Å². The molecule has 4 amide bonds. The van der Waals surface area contributed by atoms with Gasteiger partial charge in [0.15, 0.2) is 5.65 Å². The number of nitrogens with zero attached hydrogens (tertiary/aromatic N) is 8. The molecule has 2 aliphatic carbocycles. The third-order valence-electron chi connectivity index (χ3n) is 7.70. The number of aryl methyl sites for hydroxylation is 1. The molecule has 7 rings (SSSR count). The molecule has 41 heavy (non-hydrogen) atoms. The Bertz CT molecular complexity index is 1710. The van der Waals surface area contributed by atoms with Crippen LogP contribution in [0.4, 0.5) is 22.1 Å². The van der Waals surface area contributed by atoms with E-state index in [1.807, 2.05) is 47.8 Å². The van der Waals surface area contributed by atoms with Crippen molar-refractivity contribution in [2.75, 3.05) is 28.7 Å². The molecule has 0 unspecified atom stereocenters. The van der Waals surface area contributed by atoms with E-state index >= 15 is 0 Å². The van der Waals surface area contributed by atoms with Gasteiger partial charge in [-0.2, -0.15) is 0 Å². The molecule has 0 spiro atoms. The predicted molar refractivity (Wildman–Crippen MR) is 148 cm³/mol. The van der Waals surface area contributed by atoms with Crippen LogP contribution in [0, 0.1) is 12.8 Å². The maximum absolute atomic E-state index is 12.9.